The summed E-state index contributed by atoms with van der Waals surface area (Å²) in [4.78, 5) is 19.9. The van der Waals surface area contributed by atoms with E-state index in [4.69, 9.17) is 0 Å². The van der Waals surface area contributed by atoms with Gasteiger partial charge in [0.15, 0.2) is 0 Å². The van der Waals surface area contributed by atoms with Crippen molar-refractivity contribution in [1.82, 2.24) is 14.3 Å². The van der Waals surface area contributed by atoms with Crippen molar-refractivity contribution in [2.75, 3.05) is 0 Å². The first-order valence-corrected chi connectivity index (χ1v) is 8.55. The van der Waals surface area contributed by atoms with Gasteiger partial charge in [-0.1, -0.05) is 6.92 Å². The Morgan fingerprint density at radius 2 is 2.00 bits per heavy atom. The number of aromatic nitrogens is 3. The van der Waals surface area contributed by atoms with Crippen LogP contribution in [0.5, 0.6) is 0 Å². The number of hydrogen-bond donors (Lipinski definition) is 0. The lowest BCUT2D eigenvalue weighted by atomic mass is 9.89. The Bertz CT molecular complexity index is 912. The molecule has 4 nitrogen and oxygen atoms in total. The van der Waals surface area contributed by atoms with Crippen LogP contribution in [0.15, 0.2) is 23.3 Å². The fraction of sp³-hybridized carbons (Fsp3) is 0.412. The van der Waals surface area contributed by atoms with Crippen LogP contribution in [0.3, 0.4) is 0 Å². The highest BCUT2D eigenvalue weighted by atomic mass is 32.1. The van der Waals surface area contributed by atoms with Crippen LogP contribution in [0.4, 0.5) is 0 Å². The molecule has 4 rings (SSSR count). The lowest BCUT2D eigenvalue weighted by Crippen LogP contribution is -2.28. The van der Waals surface area contributed by atoms with E-state index in [9.17, 15) is 4.79 Å². The number of hydrogen-bond acceptors (Lipinski definition) is 3. The molecule has 0 radical (unpaired) electrons. The van der Waals surface area contributed by atoms with Gasteiger partial charge in [-0.15, -0.1) is 11.3 Å². The quantitative estimate of drug-likeness (QED) is 0.691. The Morgan fingerprint density at radius 1 is 1.27 bits per heavy atom. The van der Waals surface area contributed by atoms with E-state index in [0.717, 1.165) is 40.9 Å². The largest absolute Gasteiger partial charge is 0.281 e. The molecule has 0 aromatic carbocycles. The van der Waals surface area contributed by atoms with Crippen molar-refractivity contribution in [2.45, 2.75) is 40.0 Å². The zero-order valence-corrected chi connectivity index (χ0v) is 13.9. The molecule has 1 atom stereocenters. The molecule has 0 fully saturated rings. The fourth-order valence-electron chi connectivity index (χ4n) is 3.46. The van der Waals surface area contributed by atoms with Crippen LogP contribution in [0.25, 0.3) is 10.2 Å². The molecule has 0 spiro atoms. The predicted molar refractivity (Wildman–Crippen MR) is 89.8 cm³/mol. The van der Waals surface area contributed by atoms with Gasteiger partial charge < -0.3 is 0 Å². The lowest BCUT2D eigenvalue weighted by Gasteiger charge is -2.17. The van der Waals surface area contributed by atoms with Gasteiger partial charge in [0, 0.05) is 16.3 Å². The summed E-state index contributed by atoms with van der Waals surface area (Å²) in [6.45, 7) is 6.30. The van der Waals surface area contributed by atoms with Gasteiger partial charge >= 0.3 is 0 Å². The maximum Gasteiger partial charge on any atom is 0.281 e. The van der Waals surface area contributed by atoms with Crippen molar-refractivity contribution >= 4 is 21.6 Å². The average Bonchev–Trinajstić information content (AvgIpc) is 3.00. The second-order valence-corrected chi connectivity index (χ2v) is 7.44. The van der Waals surface area contributed by atoms with Gasteiger partial charge in [-0.05, 0) is 56.7 Å². The molecule has 22 heavy (non-hydrogen) atoms. The molecule has 114 valence electrons. The summed E-state index contributed by atoms with van der Waals surface area (Å²) < 4.78 is 3.59. The monoisotopic (exact) mass is 313 g/mol. The number of fused-ring (bicyclic) bond motifs is 3. The van der Waals surface area contributed by atoms with E-state index in [1.54, 1.807) is 22.3 Å². The molecule has 0 aliphatic heterocycles. The molecular weight excluding hydrogens is 294 g/mol. The van der Waals surface area contributed by atoms with Crippen molar-refractivity contribution in [1.29, 1.82) is 0 Å². The minimum atomic E-state index is 0.0550. The van der Waals surface area contributed by atoms with E-state index in [-0.39, 0.29) is 5.56 Å². The van der Waals surface area contributed by atoms with E-state index in [1.807, 2.05) is 30.7 Å². The van der Waals surface area contributed by atoms with Gasteiger partial charge in [0.2, 0.25) is 0 Å². The first-order chi connectivity index (χ1) is 10.6. The minimum Gasteiger partial charge on any atom is -0.267 e. The van der Waals surface area contributed by atoms with E-state index < -0.39 is 0 Å². The molecule has 0 saturated heterocycles. The molecule has 3 aromatic heterocycles. The molecule has 0 bridgehead atoms. The topological polar surface area (TPSA) is 39.8 Å². The smallest absolute Gasteiger partial charge is 0.267 e. The number of rotatable bonds is 1. The molecule has 5 heteroatoms. The first-order valence-electron chi connectivity index (χ1n) is 7.73. The minimum absolute atomic E-state index is 0.0550. The molecular formula is C17H19N3OS. The van der Waals surface area contributed by atoms with Gasteiger partial charge in [-0.25, -0.2) is 9.66 Å². The molecule has 0 N–H and O–H groups in total. The van der Waals surface area contributed by atoms with Crippen LogP contribution in [-0.2, 0) is 12.8 Å². The van der Waals surface area contributed by atoms with Gasteiger partial charge in [0.1, 0.15) is 11.2 Å². The van der Waals surface area contributed by atoms with Crippen molar-refractivity contribution in [2.24, 2.45) is 5.92 Å². The third kappa shape index (κ3) is 1.88. The molecule has 0 saturated carbocycles. The van der Waals surface area contributed by atoms with Gasteiger partial charge in [-0.3, -0.25) is 9.47 Å². The Labute approximate surface area is 133 Å². The van der Waals surface area contributed by atoms with Crippen molar-refractivity contribution in [3.8, 4) is 0 Å². The zero-order valence-electron chi connectivity index (χ0n) is 13.1. The second kappa shape index (κ2) is 4.81. The van der Waals surface area contributed by atoms with Crippen LogP contribution in [0.1, 0.15) is 35.2 Å². The Hall–Kier alpha value is -1.88. The summed E-state index contributed by atoms with van der Waals surface area (Å²) in [5.41, 5.74) is 3.38. The average molecular weight is 313 g/mol. The summed E-state index contributed by atoms with van der Waals surface area (Å²) in [7, 11) is 0. The van der Waals surface area contributed by atoms with Crippen molar-refractivity contribution in [3.63, 3.8) is 0 Å². The second-order valence-electron chi connectivity index (χ2n) is 6.35. The SMILES string of the molecule is Cc1ccc(C)n1-n1cnc2sc3c(c2c1=O)CC[C@H](C)C3. The standard InChI is InChI=1S/C17H19N3OS/c1-10-4-7-13-14(8-10)22-16-15(13)17(21)19(9-18-16)20-11(2)5-6-12(20)3/h5-6,9-10H,4,7-8H2,1-3H3/t10-/m0/s1. The van der Waals surface area contributed by atoms with Crippen molar-refractivity contribution < 1.29 is 0 Å². The third-order valence-electron chi connectivity index (χ3n) is 4.65. The van der Waals surface area contributed by atoms with E-state index in [1.165, 1.54) is 10.4 Å². The molecule has 3 heterocycles. The highest BCUT2D eigenvalue weighted by molar-refractivity contribution is 7.18. The van der Waals surface area contributed by atoms with Crippen LogP contribution in [0, 0.1) is 19.8 Å². The molecule has 1 aliphatic rings. The third-order valence-corrected chi connectivity index (χ3v) is 5.81. The molecule has 0 amide bonds. The zero-order chi connectivity index (χ0) is 15.4. The predicted octanol–water partition coefficient (Wildman–Crippen LogP) is 3.31. The number of nitrogens with zero attached hydrogens (tertiary/aromatic N) is 3. The summed E-state index contributed by atoms with van der Waals surface area (Å²) in [5, 5.41) is 0.835. The highest BCUT2D eigenvalue weighted by Crippen LogP contribution is 2.35. The van der Waals surface area contributed by atoms with E-state index >= 15 is 0 Å². The van der Waals surface area contributed by atoms with Gasteiger partial charge in [-0.2, -0.15) is 0 Å². The Morgan fingerprint density at radius 3 is 2.73 bits per heavy atom. The van der Waals surface area contributed by atoms with E-state index in [0.29, 0.717) is 5.92 Å². The number of thiophene rings is 1. The summed E-state index contributed by atoms with van der Waals surface area (Å²) >= 11 is 1.70. The van der Waals surface area contributed by atoms with Crippen LogP contribution >= 0.6 is 11.3 Å². The molecule has 3 aromatic rings. The first kappa shape index (κ1) is 13.8. The van der Waals surface area contributed by atoms with E-state index in [2.05, 4.69) is 11.9 Å². The lowest BCUT2D eigenvalue weighted by molar-refractivity contribution is 0.508. The Kier molecular flexibility index (Phi) is 3.01. The molecule has 0 unspecified atom stereocenters. The summed E-state index contributed by atoms with van der Waals surface area (Å²) in [6.07, 6.45) is 4.91. The summed E-state index contributed by atoms with van der Waals surface area (Å²) in [6, 6.07) is 4.05. The van der Waals surface area contributed by atoms with Crippen molar-refractivity contribution in [3.05, 3.63) is 50.6 Å². The maximum absolute atomic E-state index is 13.1. The normalized spacial score (nSPS) is 17.9. The maximum atomic E-state index is 13.1. The van der Waals surface area contributed by atoms with Gasteiger partial charge in [0.25, 0.3) is 5.56 Å². The summed E-state index contributed by atoms with van der Waals surface area (Å²) in [5.74, 6) is 0.705. The Balaban J connectivity index is 2.01. The van der Waals surface area contributed by atoms with Crippen LogP contribution < -0.4 is 5.56 Å². The number of aryl methyl sites for hydroxylation is 3. The van der Waals surface area contributed by atoms with Gasteiger partial charge in [0.05, 0.1) is 5.39 Å². The highest BCUT2D eigenvalue weighted by Gasteiger charge is 2.23. The van der Waals surface area contributed by atoms with Crippen LogP contribution in [0.2, 0.25) is 0 Å². The fourth-order valence-corrected chi connectivity index (χ4v) is 4.81. The molecule has 1 aliphatic carbocycles. The van der Waals surface area contributed by atoms with Crippen LogP contribution in [-0.4, -0.2) is 14.3 Å².